The van der Waals surface area contributed by atoms with Crippen molar-refractivity contribution in [3.63, 3.8) is 0 Å². The molecule has 162 valence electrons. The van der Waals surface area contributed by atoms with Crippen molar-refractivity contribution in [2.24, 2.45) is 0 Å². The van der Waals surface area contributed by atoms with E-state index in [2.05, 4.69) is 0 Å². The third-order valence-electron chi connectivity index (χ3n) is 5.28. The summed E-state index contributed by atoms with van der Waals surface area (Å²) in [5.74, 6) is 1.40. The van der Waals surface area contributed by atoms with Crippen LogP contribution >= 0.6 is 11.8 Å². The van der Waals surface area contributed by atoms with Gasteiger partial charge in [-0.2, -0.15) is 0 Å². The van der Waals surface area contributed by atoms with Crippen LogP contribution < -0.4 is 14.9 Å². The monoisotopic (exact) mass is 446 g/mol. The van der Waals surface area contributed by atoms with Gasteiger partial charge in [0.05, 0.1) is 23.4 Å². The van der Waals surface area contributed by atoms with Crippen molar-refractivity contribution >= 4 is 28.5 Å². The number of carbonyl (C=O) groups excluding carboxylic acids is 1. The molecule has 6 heteroatoms. The van der Waals surface area contributed by atoms with E-state index in [1.54, 1.807) is 69.1 Å². The number of fused-ring (bicyclic) bond motifs is 1. The first-order chi connectivity index (χ1) is 15.4. The number of rotatable bonds is 5. The van der Waals surface area contributed by atoms with Crippen LogP contribution in [0.25, 0.3) is 21.9 Å². The third-order valence-corrected chi connectivity index (χ3v) is 6.02. The summed E-state index contributed by atoms with van der Waals surface area (Å²) in [4.78, 5) is 27.1. The lowest BCUT2D eigenvalue weighted by Gasteiger charge is -2.07. The molecule has 0 spiro atoms. The summed E-state index contributed by atoms with van der Waals surface area (Å²) in [6.07, 6.45) is 2.01. The highest BCUT2D eigenvalue weighted by Gasteiger charge is 2.19. The quantitative estimate of drug-likeness (QED) is 0.276. The van der Waals surface area contributed by atoms with Crippen molar-refractivity contribution in [3.8, 4) is 22.6 Å². The number of esters is 1. The Morgan fingerprint density at radius 1 is 0.875 bits per heavy atom. The fraction of sp³-hybridized carbons (Fsp3) is 0.154. The Labute approximate surface area is 190 Å². The number of hydrogen-bond donors (Lipinski definition) is 0. The maximum atomic E-state index is 13.1. The van der Waals surface area contributed by atoms with Gasteiger partial charge in [-0.3, -0.25) is 4.79 Å². The first kappa shape index (κ1) is 21.7. The standard InChI is InChI=1S/C26H22O5S/c1-15-24-22(27)13-19(17-7-11-21(32-4)12-8-17)14-23(25(24)16(2)30-15)31-26(28)18-5-9-20(29-3)10-6-18/h5-14H,1-4H3. The molecule has 0 aliphatic carbocycles. The molecule has 1 aromatic heterocycles. The number of ether oxygens (including phenoxy) is 2. The molecule has 0 amide bonds. The summed E-state index contributed by atoms with van der Waals surface area (Å²) in [7, 11) is 1.56. The maximum absolute atomic E-state index is 13.1. The first-order valence-corrected chi connectivity index (χ1v) is 11.2. The van der Waals surface area contributed by atoms with Crippen LogP contribution in [0.4, 0.5) is 0 Å². The van der Waals surface area contributed by atoms with E-state index >= 15 is 0 Å². The van der Waals surface area contributed by atoms with Crippen molar-refractivity contribution in [1.29, 1.82) is 0 Å². The van der Waals surface area contributed by atoms with Crippen LogP contribution in [0.2, 0.25) is 0 Å². The van der Waals surface area contributed by atoms with E-state index in [1.807, 2.05) is 30.5 Å². The van der Waals surface area contributed by atoms with Crippen molar-refractivity contribution in [3.05, 3.63) is 88.0 Å². The van der Waals surface area contributed by atoms with Gasteiger partial charge in [-0.15, -0.1) is 11.8 Å². The van der Waals surface area contributed by atoms with E-state index in [4.69, 9.17) is 13.9 Å². The average molecular weight is 447 g/mol. The predicted octanol–water partition coefficient (Wildman–Crippen LogP) is 6.03. The zero-order valence-corrected chi connectivity index (χ0v) is 19.0. The summed E-state index contributed by atoms with van der Waals surface area (Å²) in [6.45, 7) is 3.49. The second-order valence-corrected chi connectivity index (χ2v) is 8.16. The van der Waals surface area contributed by atoms with Gasteiger partial charge in [0.1, 0.15) is 23.0 Å². The largest absolute Gasteiger partial charge is 0.497 e. The number of thioether (sulfide) groups is 1. The van der Waals surface area contributed by atoms with E-state index in [1.165, 1.54) is 0 Å². The molecule has 0 radical (unpaired) electrons. The first-order valence-electron chi connectivity index (χ1n) is 10.00. The lowest BCUT2D eigenvalue weighted by Crippen LogP contribution is -2.08. The van der Waals surface area contributed by atoms with Crippen molar-refractivity contribution in [1.82, 2.24) is 0 Å². The minimum atomic E-state index is -0.533. The summed E-state index contributed by atoms with van der Waals surface area (Å²) in [5.41, 5.74) is 1.70. The molecule has 0 unspecified atom stereocenters. The van der Waals surface area contributed by atoms with Gasteiger partial charge in [-0.25, -0.2) is 4.79 Å². The number of methoxy groups -OCH3 is 1. The highest BCUT2D eigenvalue weighted by Crippen LogP contribution is 2.34. The van der Waals surface area contributed by atoms with Crippen LogP contribution in [0.5, 0.6) is 11.5 Å². The van der Waals surface area contributed by atoms with Crippen LogP contribution in [0.1, 0.15) is 21.9 Å². The molecule has 32 heavy (non-hydrogen) atoms. The minimum absolute atomic E-state index is 0.190. The van der Waals surface area contributed by atoms with Gasteiger partial charge in [0.25, 0.3) is 0 Å². The highest BCUT2D eigenvalue weighted by molar-refractivity contribution is 7.98. The van der Waals surface area contributed by atoms with Gasteiger partial charge in [-0.05, 0) is 79.8 Å². The molecule has 4 rings (SSSR count). The van der Waals surface area contributed by atoms with Gasteiger partial charge in [0.2, 0.25) is 0 Å². The van der Waals surface area contributed by atoms with Crippen molar-refractivity contribution in [2.45, 2.75) is 18.7 Å². The zero-order valence-electron chi connectivity index (χ0n) is 18.2. The number of carbonyl (C=O) groups is 1. The van der Waals surface area contributed by atoms with Gasteiger partial charge in [0, 0.05) is 4.90 Å². The average Bonchev–Trinajstić information content (AvgIpc) is 3.02. The van der Waals surface area contributed by atoms with E-state index < -0.39 is 5.97 Å². The molecule has 0 atom stereocenters. The van der Waals surface area contributed by atoms with E-state index in [0.717, 1.165) is 10.5 Å². The topological polar surface area (TPSA) is 65.7 Å². The molecule has 5 nitrogen and oxygen atoms in total. The summed E-state index contributed by atoms with van der Waals surface area (Å²) >= 11 is 1.64. The lowest BCUT2D eigenvalue weighted by atomic mass is 10.1. The molecule has 0 N–H and O–H groups in total. The molecule has 0 saturated heterocycles. The third kappa shape index (κ3) is 4.14. The SMILES string of the molecule is COc1ccc(C(=O)Oc2cc(-c3ccc(SC)cc3)cc(=O)c3c(C)oc(C)c23)cc1. The smallest absolute Gasteiger partial charge is 0.343 e. The van der Waals surface area contributed by atoms with Crippen LogP contribution in [-0.4, -0.2) is 19.3 Å². The highest BCUT2D eigenvalue weighted by atomic mass is 32.2. The molecule has 0 fully saturated rings. The number of benzene rings is 2. The summed E-state index contributed by atoms with van der Waals surface area (Å²) in [5, 5.41) is 0.911. The zero-order chi connectivity index (χ0) is 22.8. The van der Waals surface area contributed by atoms with Gasteiger partial charge < -0.3 is 13.9 Å². The van der Waals surface area contributed by atoms with Crippen LogP contribution in [0.15, 0.2) is 74.8 Å². The Hall–Kier alpha value is -3.51. The number of hydrogen-bond acceptors (Lipinski definition) is 6. The fourth-order valence-corrected chi connectivity index (χ4v) is 4.07. The maximum Gasteiger partial charge on any atom is 0.343 e. The Bertz CT molecular complexity index is 1350. The Morgan fingerprint density at radius 3 is 2.16 bits per heavy atom. The molecule has 3 aromatic carbocycles. The van der Waals surface area contributed by atoms with E-state index in [0.29, 0.717) is 39.2 Å². The molecule has 0 aliphatic rings. The fourth-order valence-electron chi connectivity index (χ4n) is 3.66. The van der Waals surface area contributed by atoms with E-state index in [9.17, 15) is 9.59 Å². The second-order valence-electron chi connectivity index (χ2n) is 7.28. The Morgan fingerprint density at radius 2 is 1.53 bits per heavy atom. The molecule has 4 aromatic rings. The Kier molecular flexibility index (Phi) is 6.06. The summed E-state index contributed by atoms with van der Waals surface area (Å²) < 4.78 is 16.7. The van der Waals surface area contributed by atoms with E-state index in [-0.39, 0.29) is 11.2 Å². The molecule has 0 saturated carbocycles. The van der Waals surface area contributed by atoms with Gasteiger partial charge in [-0.1, -0.05) is 12.1 Å². The van der Waals surface area contributed by atoms with Gasteiger partial charge in [0.15, 0.2) is 5.43 Å². The van der Waals surface area contributed by atoms with Crippen LogP contribution in [0, 0.1) is 13.8 Å². The van der Waals surface area contributed by atoms with Crippen LogP contribution in [0.3, 0.4) is 0 Å². The van der Waals surface area contributed by atoms with Crippen molar-refractivity contribution in [2.75, 3.05) is 13.4 Å². The molecular formula is C26H22O5S. The Balaban J connectivity index is 1.87. The minimum Gasteiger partial charge on any atom is -0.497 e. The lowest BCUT2D eigenvalue weighted by molar-refractivity contribution is 0.0737. The van der Waals surface area contributed by atoms with Crippen LogP contribution in [-0.2, 0) is 0 Å². The normalized spacial score (nSPS) is 10.9. The van der Waals surface area contributed by atoms with Crippen molar-refractivity contribution < 1.29 is 18.7 Å². The number of aryl methyl sites for hydroxylation is 2. The molecule has 0 aliphatic heterocycles. The number of furan rings is 1. The van der Waals surface area contributed by atoms with Gasteiger partial charge >= 0.3 is 5.97 Å². The predicted molar refractivity (Wildman–Crippen MR) is 127 cm³/mol. The second kappa shape index (κ2) is 8.93. The molecule has 0 bridgehead atoms. The summed E-state index contributed by atoms with van der Waals surface area (Å²) in [6, 6.07) is 17.8. The molecular weight excluding hydrogens is 424 g/mol. The molecule has 1 heterocycles.